The van der Waals surface area contributed by atoms with Crippen molar-refractivity contribution in [1.82, 2.24) is 5.32 Å². The molecule has 0 aliphatic rings. The molecule has 17 heavy (non-hydrogen) atoms. The molecule has 1 atom stereocenters. The van der Waals surface area contributed by atoms with Gasteiger partial charge in [0.1, 0.15) is 0 Å². The standard InChI is InChI=1S/C15H24ClN/c1-4-12(5-2)11-15(17-6-3)13-7-9-14(16)10-8-13/h7-10,12,15,17H,4-6,11H2,1-3H3. The fourth-order valence-electron chi connectivity index (χ4n) is 2.23. The van der Waals surface area contributed by atoms with Crippen LogP contribution in [0, 0.1) is 5.92 Å². The van der Waals surface area contributed by atoms with E-state index in [4.69, 9.17) is 11.6 Å². The molecule has 0 aliphatic heterocycles. The first-order chi connectivity index (χ1) is 8.21. The van der Waals surface area contributed by atoms with Crippen LogP contribution in [0.3, 0.4) is 0 Å². The van der Waals surface area contributed by atoms with E-state index >= 15 is 0 Å². The first kappa shape index (κ1) is 14.5. The summed E-state index contributed by atoms with van der Waals surface area (Å²) in [5.41, 5.74) is 1.35. The minimum atomic E-state index is 0.460. The first-order valence-electron chi connectivity index (χ1n) is 6.70. The molecule has 1 rings (SSSR count). The van der Waals surface area contributed by atoms with Gasteiger partial charge < -0.3 is 5.32 Å². The molecule has 0 aliphatic carbocycles. The minimum Gasteiger partial charge on any atom is -0.310 e. The van der Waals surface area contributed by atoms with Crippen LogP contribution >= 0.6 is 11.6 Å². The summed E-state index contributed by atoms with van der Waals surface area (Å²) in [4.78, 5) is 0. The SMILES string of the molecule is CCNC(CC(CC)CC)c1ccc(Cl)cc1. The van der Waals surface area contributed by atoms with Crippen LogP contribution in [0.25, 0.3) is 0 Å². The van der Waals surface area contributed by atoms with Gasteiger partial charge in [0.2, 0.25) is 0 Å². The van der Waals surface area contributed by atoms with Crippen molar-refractivity contribution in [3.05, 3.63) is 34.9 Å². The van der Waals surface area contributed by atoms with E-state index in [1.807, 2.05) is 12.1 Å². The van der Waals surface area contributed by atoms with Crippen molar-refractivity contribution in [2.75, 3.05) is 6.54 Å². The molecule has 0 bridgehead atoms. The van der Waals surface area contributed by atoms with Crippen LogP contribution in [0.4, 0.5) is 0 Å². The van der Waals surface area contributed by atoms with Crippen LogP contribution in [0.2, 0.25) is 5.02 Å². The average molecular weight is 254 g/mol. The maximum atomic E-state index is 5.93. The quantitative estimate of drug-likeness (QED) is 0.735. The highest BCUT2D eigenvalue weighted by molar-refractivity contribution is 6.30. The molecule has 0 saturated heterocycles. The molecule has 1 aromatic rings. The van der Waals surface area contributed by atoms with Gasteiger partial charge in [-0.3, -0.25) is 0 Å². The Hall–Kier alpha value is -0.530. The predicted molar refractivity (Wildman–Crippen MR) is 76.6 cm³/mol. The van der Waals surface area contributed by atoms with Crippen LogP contribution in [0.1, 0.15) is 51.6 Å². The summed E-state index contributed by atoms with van der Waals surface area (Å²) < 4.78 is 0. The second kappa shape index (κ2) is 7.73. The van der Waals surface area contributed by atoms with Crippen LogP contribution in [0.15, 0.2) is 24.3 Å². The van der Waals surface area contributed by atoms with E-state index in [0.717, 1.165) is 17.5 Å². The van der Waals surface area contributed by atoms with Crippen LogP contribution in [-0.4, -0.2) is 6.54 Å². The van der Waals surface area contributed by atoms with Gasteiger partial charge in [-0.2, -0.15) is 0 Å². The summed E-state index contributed by atoms with van der Waals surface area (Å²) >= 11 is 5.93. The zero-order valence-electron chi connectivity index (χ0n) is 11.2. The van der Waals surface area contributed by atoms with Crippen molar-refractivity contribution in [3.63, 3.8) is 0 Å². The normalized spacial score (nSPS) is 13.0. The molecule has 1 aromatic carbocycles. The second-order valence-corrected chi connectivity index (χ2v) is 5.02. The number of hydrogen-bond acceptors (Lipinski definition) is 1. The molecule has 0 spiro atoms. The third-order valence-electron chi connectivity index (χ3n) is 3.45. The summed E-state index contributed by atoms with van der Waals surface area (Å²) in [7, 11) is 0. The van der Waals surface area contributed by atoms with E-state index in [1.165, 1.54) is 24.8 Å². The van der Waals surface area contributed by atoms with Crippen LogP contribution in [-0.2, 0) is 0 Å². The molecule has 96 valence electrons. The summed E-state index contributed by atoms with van der Waals surface area (Å²) in [5, 5.41) is 4.39. The Morgan fingerprint density at radius 3 is 2.12 bits per heavy atom. The van der Waals surface area contributed by atoms with Crippen molar-refractivity contribution in [3.8, 4) is 0 Å². The van der Waals surface area contributed by atoms with Crippen molar-refractivity contribution in [2.24, 2.45) is 5.92 Å². The molecule has 1 unspecified atom stereocenters. The third-order valence-corrected chi connectivity index (χ3v) is 3.70. The van der Waals surface area contributed by atoms with Gasteiger partial charge in [-0.15, -0.1) is 0 Å². The van der Waals surface area contributed by atoms with Gasteiger partial charge in [0.25, 0.3) is 0 Å². The summed E-state index contributed by atoms with van der Waals surface area (Å²) in [6.45, 7) is 7.72. The van der Waals surface area contributed by atoms with Gasteiger partial charge in [-0.1, -0.05) is 57.3 Å². The molecule has 0 fully saturated rings. The lowest BCUT2D eigenvalue weighted by Crippen LogP contribution is -2.23. The fraction of sp³-hybridized carbons (Fsp3) is 0.600. The number of nitrogens with one attached hydrogen (secondary N) is 1. The Morgan fingerprint density at radius 2 is 1.65 bits per heavy atom. The summed E-state index contributed by atoms with van der Waals surface area (Å²) in [5.74, 6) is 0.801. The zero-order valence-corrected chi connectivity index (χ0v) is 11.9. The van der Waals surface area contributed by atoms with E-state index < -0.39 is 0 Å². The minimum absolute atomic E-state index is 0.460. The average Bonchev–Trinajstić information content (AvgIpc) is 2.35. The predicted octanol–water partition coefficient (Wildman–Crippen LogP) is 4.82. The Bertz CT molecular complexity index is 303. The number of hydrogen-bond donors (Lipinski definition) is 1. The van der Waals surface area contributed by atoms with Gasteiger partial charge in [-0.05, 0) is 36.6 Å². The molecule has 1 nitrogen and oxygen atoms in total. The lowest BCUT2D eigenvalue weighted by atomic mass is 9.91. The highest BCUT2D eigenvalue weighted by atomic mass is 35.5. The van der Waals surface area contributed by atoms with Crippen LogP contribution < -0.4 is 5.32 Å². The molecular formula is C15H24ClN. The van der Waals surface area contributed by atoms with Crippen molar-refractivity contribution >= 4 is 11.6 Å². The van der Waals surface area contributed by atoms with Gasteiger partial charge >= 0.3 is 0 Å². The van der Waals surface area contributed by atoms with Crippen LogP contribution in [0.5, 0.6) is 0 Å². The summed E-state index contributed by atoms with van der Waals surface area (Å²) in [6, 6.07) is 8.69. The van der Waals surface area contributed by atoms with Gasteiger partial charge in [-0.25, -0.2) is 0 Å². The van der Waals surface area contributed by atoms with Crippen molar-refractivity contribution < 1.29 is 0 Å². The van der Waals surface area contributed by atoms with Gasteiger partial charge in [0.05, 0.1) is 0 Å². The second-order valence-electron chi connectivity index (χ2n) is 4.58. The molecular weight excluding hydrogens is 230 g/mol. The Morgan fingerprint density at radius 1 is 1.06 bits per heavy atom. The number of rotatable bonds is 7. The molecule has 0 heterocycles. The summed E-state index contributed by atoms with van der Waals surface area (Å²) in [6.07, 6.45) is 3.72. The Kier molecular flexibility index (Phi) is 6.61. The lowest BCUT2D eigenvalue weighted by molar-refractivity contribution is 0.375. The third kappa shape index (κ3) is 4.69. The van der Waals surface area contributed by atoms with Crippen molar-refractivity contribution in [2.45, 2.75) is 46.1 Å². The van der Waals surface area contributed by atoms with Crippen molar-refractivity contribution in [1.29, 1.82) is 0 Å². The molecule has 0 saturated carbocycles. The molecule has 0 amide bonds. The molecule has 2 heteroatoms. The zero-order chi connectivity index (χ0) is 12.7. The van der Waals surface area contributed by atoms with E-state index in [0.29, 0.717) is 6.04 Å². The first-order valence-corrected chi connectivity index (χ1v) is 7.07. The highest BCUT2D eigenvalue weighted by Crippen LogP contribution is 2.26. The fourth-order valence-corrected chi connectivity index (χ4v) is 2.36. The van der Waals surface area contributed by atoms with Gasteiger partial charge in [0, 0.05) is 11.1 Å². The maximum Gasteiger partial charge on any atom is 0.0406 e. The molecule has 1 N–H and O–H groups in total. The topological polar surface area (TPSA) is 12.0 Å². The lowest BCUT2D eigenvalue weighted by Gasteiger charge is -2.23. The maximum absolute atomic E-state index is 5.93. The van der Waals surface area contributed by atoms with E-state index in [1.54, 1.807) is 0 Å². The smallest absolute Gasteiger partial charge is 0.0406 e. The Labute approximate surface area is 111 Å². The monoisotopic (exact) mass is 253 g/mol. The van der Waals surface area contributed by atoms with E-state index in [9.17, 15) is 0 Å². The number of benzene rings is 1. The van der Waals surface area contributed by atoms with Gasteiger partial charge in [0.15, 0.2) is 0 Å². The Balaban J connectivity index is 2.73. The number of halogens is 1. The largest absolute Gasteiger partial charge is 0.310 e. The van der Waals surface area contributed by atoms with E-state index in [2.05, 4.69) is 38.2 Å². The molecule has 0 aromatic heterocycles. The molecule has 0 radical (unpaired) electrons. The van der Waals surface area contributed by atoms with E-state index in [-0.39, 0.29) is 0 Å². The highest BCUT2D eigenvalue weighted by Gasteiger charge is 2.14.